The minimum atomic E-state index is -0.839. The molecule has 1 rings (SSSR count). The summed E-state index contributed by atoms with van der Waals surface area (Å²) in [6.07, 6.45) is 8.60. The topological polar surface area (TPSA) is 32.8 Å². The summed E-state index contributed by atoms with van der Waals surface area (Å²) in [5.74, 6) is 0. The molecule has 27 heavy (non-hydrogen) atoms. The van der Waals surface area contributed by atoms with Crippen molar-refractivity contribution in [1.82, 2.24) is 9.80 Å². The molecule has 0 aromatic carbocycles. The number of nitrogens with zero attached hydrogens (tertiary/aromatic N) is 2. The summed E-state index contributed by atoms with van der Waals surface area (Å²) in [6.45, 7) is 11.9. The molecular formula is C20H40N2O2S2Sn. The molecule has 0 aromatic rings. The minimum Gasteiger partial charge on any atom is -0.450 e. The van der Waals surface area contributed by atoms with Gasteiger partial charge in [-0.05, 0) is 6.92 Å². The first-order valence-electron chi connectivity index (χ1n) is 10.7. The fourth-order valence-corrected chi connectivity index (χ4v) is 12.8. The zero-order valence-electron chi connectivity index (χ0n) is 17.9. The van der Waals surface area contributed by atoms with Gasteiger partial charge in [0.1, 0.15) is 0 Å². The number of amides is 1. The van der Waals surface area contributed by atoms with Crippen LogP contribution >= 0.6 is 12.2 Å². The second-order valence-corrected chi connectivity index (χ2v) is 16.6. The maximum Gasteiger partial charge on any atom is 0.409 e. The summed E-state index contributed by atoms with van der Waals surface area (Å²) in [7, 11) is 0. The van der Waals surface area contributed by atoms with Gasteiger partial charge in [-0.3, -0.25) is 0 Å². The molecule has 1 heterocycles. The van der Waals surface area contributed by atoms with Crippen LogP contribution in [0.1, 0.15) is 66.2 Å². The Morgan fingerprint density at radius 3 is 1.63 bits per heavy atom. The Morgan fingerprint density at radius 2 is 1.30 bits per heavy atom. The summed E-state index contributed by atoms with van der Waals surface area (Å²) in [5.41, 5.74) is 0. The van der Waals surface area contributed by atoms with Crippen molar-refractivity contribution in [2.24, 2.45) is 0 Å². The Balaban J connectivity index is 0.000000503. The molecule has 0 radical (unpaired) electrons. The predicted octanol–water partition coefficient (Wildman–Crippen LogP) is 5.47. The van der Waals surface area contributed by atoms with E-state index in [0.717, 1.165) is 0 Å². The fourth-order valence-electron chi connectivity index (χ4n) is 2.94. The van der Waals surface area contributed by atoms with Crippen molar-refractivity contribution < 1.29 is 9.53 Å². The van der Waals surface area contributed by atoms with Crippen LogP contribution < -0.4 is 0 Å². The van der Waals surface area contributed by atoms with Gasteiger partial charge in [-0.2, -0.15) is 0 Å². The van der Waals surface area contributed by atoms with Gasteiger partial charge in [0.2, 0.25) is 0 Å². The van der Waals surface area contributed by atoms with Crippen LogP contribution in [0.2, 0.25) is 13.3 Å². The maximum absolute atomic E-state index is 11.3. The number of unbranched alkanes of at least 4 members (excludes halogenated alkanes) is 3. The molecule has 1 aliphatic rings. The molecule has 1 fully saturated rings. The van der Waals surface area contributed by atoms with Gasteiger partial charge in [0.05, 0.1) is 6.61 Å². The summed E-state index contributed by atoms with van der Waals surface area (Å²) in [4.78, 5) is 14.9. The van der Waals surface area contributed by atoms with Crippen molar-refractivity contribution in [2.45, 2.75) is 79.5 Å². The average molecular weight is 523 g/mol. The second kappa shape index (κ2) is 18.2. The van der Waals surface area contributed by atoms with E-state index in [1.54, 1.807) is 25.1 Å². The molecule has 0 atom stereocenters. The Kier molecular flexibility index (Phi) is 18.3. The molecule has 158 valence electrons. The maximum atomic E-state index is 11.3. The molecule has 0 spiro atoms. The van der Waals surface area contributed by atoms with Gasteiger partial charge < -0.3 is 39.4 Å². The van der Waals surface area contributed by atoms with Gasteiger partial charge in [-0.1, -0.05) is 4.32 Å². The largest absolute Gasteiger partial charge is 0.450 e. The first-order chi connectivity index (χ1) is 13.0. The van der Waals surface area contributed by atoms with Crippen molar-refractivity contribution >= 4 is 55.0 Å². The predicted molar refractivity (Wildman–Crippen MR) is 125 cm³/mol. The monoisotopic (exact) mass is 524 g/mol. The van der Waals surface area contributed by atoms with Gasteiger partial charge in [-0.25, -0.2) is 4.79 Å². The number of hydrogen-bond donors (Lipinski definition) is 0. The molecule has 0 N–H and O–H groups in total. The normalized spacial score (nSPS) is 13.6. The SMILES string of the molecule is CCC[CH2][Sn+]([CH2]CCC)[CH2]CCC.CCOC(=O)N1CCN(C(=S)[S-])CC1. The first kappa shape index (κ1) is 27.2. The summed E-state index contributed by atoms with van der Waals surface area (Å²) in [6, 6.07) is 0. The van der Waals surface area contributed by atoms with Gasteiger partial charge in [-0.15, -0.1) is 0 Å². The zero-order chi connectivity index (χ0) is 20.5. The summed E-state index contributed by atoms with van der Waals surface area (Å²) < 4.78 is 10.4. The molecular weight excluding hydrogens is 483 g/mol. The van der Waals surface area contributed by atoms with Crippen molar-refractivity contribution in [3.8, 4) is 0 Å². The van der Waals surface area contributed by atoms with Gasteiger partial charge >= 0.3 is 98.5 Å². The minimum absolute atomic E-state index is 0.248. The molecule has 7 heteroatoms. The van der Waals surface area contributed by atoms with Gasteiger partial charge in [0.15, 0.2) is 0 Å². The number of carbonyl (C=O) groups excluding carboxylic acids is 1. The molecule has 1 amide bonds. The molecule has 0 aliphatic carbocycles. The molecule has 1 aliphatic heterocycles. The number of piperazine rings is 1. The fraction of sp³-hybridized carbons (Fsp3) is 0.900. The van der Waals surface area contributed by atoms with E-state index in [1.807, 2.05) is 4.90 Å². The number of carbonyl (C=O) groups is 1. The van der Waals surface area contributed by atoms with E-state index in [1.165, 1.54) is 38.5 Å². The van der Waals surface area contributed by atoms with Gasteiger partial charge in [0.25, 0.3) is 0 Å². The molecule has 1 saturated heterocycles. The summed E-state index contributed by atoms with van der Waals surface area (Å²) in [5, 5.41) is 0. The van der Waals surface area contributed by atoms with Crippen LogP contribution in [0.3, 0.4) is 0 Å². The molecule has 4 nitrogen and oxygen atoms in total. The molecule has 0 bridgehead atoms. The first-order valence-corrected chi connectivity index (χ1v) is 17.6. The zero-order valence-corrected chi connectivity index (χ0v) is 22.4. The Morgan fingerprint density at radius 1 is 0.889 bits per heavy atom. The number of hydrogen-bond acceptors (Lipinski definition) is 4. The van der Waals surface area contributed by atoms with E-state index in [4.69, 9.17) is 29.6 Å². The van der Waals surface area contributed by atoms with Gasteiger partial charge in [0, 0.05) is 26.2 Å². The third-order valence-corrected chi connectivity index (χ3v) is 14.3. The standard InChI is InChI=1S/C8H14N2O2S2.3C4H9.Sn/c1-2-12-7(11)9-3-5-10(6-4-9)8(13)14;3*1-3-4-2;/h2-6H2,1H3,(H,13,14);3*1,3-4H2,2H3;/q;;;;+1/p-1. The van der Waals surface area contributed by atoms with E-state index in [2.05, 4.69) is 20.8 Å². The molecule has 0 saturated carbocycles. The van der Waals surface area contributed by atoms with E-state index in [0.29, 0.717) is 37.1 Å². The van der Waals surface area contributed by atoms with Crippen molar-refractivity contribution in [3.05, 3.63) is 0 Å². The van der Waals surface area contributed by atoms with Crippen LogP contribution in [0.4, 0.5) is 4.79 Å². The quantitative estimate of drug-likeness (QED) is 0.215. The van der Waals surface area contributed by atoms with Crippen LogP contribution in [-0.2, 0) is 17.4 Å². The third kappa shape index (κ3) is 13.9. The Labute approximate surface area is 185 Å². The van der Waals surface area contributed by atoms with E-state index in [-0.39, 0.29) is 6.09 Å². The second-order valence-electron chi connectivity index (χ2n) is 7.00. The number of ether oxygens (including phenoxy) is 1. The molecule has 0 aromatic heterocycles. The van der Waals surface area contributed by atoms with Crippen LogP contribution in [0.25, 0.3) is 0 Å². The number of rotatable bonds is 10. The van der Waals surface area contributed by atoms with Crippen LogP contribution in [0.15, 0.2) is 0 Å². The van der Waals surface area contributed by atoms with Crippen molar-refractivity contribution in [1.29, 1.82) is 0 Å². The smallest absolute Gasteiger partial charge is 0.409 e. The third-order valence-electron chi connectivity index (χ3n) is 4.72. The Hall–Kier alpha value is 0.179. The van der Waals surface area contributed by atoms with Crippen molar-refractivity contribution in [3.63, 3.8) is 0 Å². The van der Waals surface area contributed by atoms with E-state index < -0.39 is 19.8 Å². The van der Waals surface area contributed by atoms with E-state index in [9.17, 15) is 4.79 Å². The average Bonchev–Trinajstić information content (AvgIpc) is 2.68. The number of thiocarbonyl (C=S) groups is 1. The van der Waals surface area contributed by atoms with Crippen molar-refractivity contribution in [2.75, 3.05) is 32.8 Å². The van der Waals surface area contributed by atoms with Crippen LogP contribution in [-0.4, -0.2) is 72.8 Å². The van der Waals surface area contributed by atoms with Crippen LogP contribution in [0, 0.1) is 0 Å². The van der Waals surface area contributed by atoms with E-state index >= 15 is 0 Å². The summed E-state index contributed by atoms with van der Waals surface area (Å²) >= 11 is 8.91. The van der Waals surface area contributed by atoms with Crippen LogP contribution in [0.5, 0.6) is 0 Å². The Bertz CT molecular complexity index is 373. The molecule has 0 unspecified atom stereocenters.